The first-order chi connectivity index (χ1) is 25.3. The van der Waals surface area contributed by atoms with E-state index in [0.29, 0.717) is 17.6 Å². The Bertz CT molecular complexity index is 2860. The highest BCUT2D eigenvalue weighted by Crippen LogP contribution is 2.45. The van der Waals surface area contributed by atoms with Gasteiger partial charge in [-0.15, -0.1) is 0 Å². The zero-order valence-corrected chi connectivity index (χ0v) is 27.3. The number of furan rings is 1. The Morgan fingerprint density at radius 3 is 2.10 bits per heavy atom. The van der Waals surface area contributed by atoms with Gasteiger partial charge in [-0.1, -0.05) is 115 Å². The number of benzene rings is 6. The second-order valence-corrected chi connectivity index (χ2v) is 13.1. The van der Waals surface area contributed by atoms with E-state index >= 15 is 0 Å². The molecule has 0 radical (unpaired) electrons. The second kappa shape index (κ2) is 10.9. The van der Waals surface area contributed by atoms with E-state index in [1.807, 2.05) is 42.5 Å². The van der Waals surface area contributed by atoms with Crippen LogP contribution in [-0.4, -0.2) is 25.6 Å². The predicted molar refractivity (Wildman–Crippen MR) is 203 cm³/mol. The lowest BCUT2D eigenvalue weighted by atomic mass is 9.89. The van der Waals surface area contributed by atoms with Gasteiger partial charge in [-0.3, -0.25) is 4.57 Å². The van der Waals surface area contributed by atoms with Gasteiger partial charge in [0.15, 0.2) is 11.6 Å². The summed E-state index contributed by atoms with van der Waals surface area (Å²) in [5, 5.41) is 4.36. The van der Waals surface area contributed by atoms with E-state index in [-0.39, 0.29) is 12.0 Å². The summed E-state index contributed by atoms with van der Waals surface area (Å²) in [7, 11) is 0. The van der Waals surface area contributed by atoms with E-state index < -0.39 is 0 Å². The molecule has 2 aliphatic rings. The summed E-state index contributed by atoms with van der Waals surface area (Å²) >= 11 is 0. The van der Waals surface area contributed by atoms with Gasteiger partial charge in [0.05, 0.1) is 16.6 Å². The van der Waals surface area contributed by atoms with Crippen molar-refractivity contribution in [3.8, 4) is 45.6 Å². The normalized spacial score (nSPS) is 16.2. The van der Waals surface area contributed by atoms with Crippen molar-refractivity contribution in [1.29, 1.82) is 0 Å². The smallest absolute Gasteiger partial charge is 0.238 e. The molecular formula is C45H28N4O2. The van der Waals surface area contributed by atoms with Crippen molar-refractivity contribution in [2.45, 2.75) is 12.0 Å². The Kier molecular flexibility index (Phi) is 5.98. The molecule has 51 heavy (non-hydrogen) atoms. The van der Waals surface area contributed by atoms with Crippen LogP contribution >= 0.6 is 0 Å². The Labute approximate surface area is 292 Å². The molecule has 0 saturated carbocycles. The molecule has 6 nitrogen and oxygen atoms in total. The first kappa shape index (κ1) is 28.1. The third-order valence-electron chi connectivity index (χ3n) is 10.2. The maximum atomic E-state index is 6.74. The first-order valence-electron chi connectivity index (χ1n) is 17.2. The number of fused-ring (bicyclic) bond motifs is 9. The number of hydrogen-bond acceptors (Lipinski definition) is 5. The van der Waals surface area contributed by atoms with E-state index in [9.17, 15) is 0 Å². The van der Waals surface area contributed by atoms with Crippen molar-refractivity contribution in [2.24, 2.45) is 0 Å². The Morgan fingerprint density at radius 2 is 1.25 bits per heavy atom. The quantitative estimate of drug-likeness (QED) is 0.189. The van der Waals surface area contributed by atoms with Crippen molar-refractivity contribution in [3.63, 3.8) is 0 Å². The molecule has 2 atom stereocenters. The van der Waals surface area contributed by atoms with Crippen molar-refractivity contribution in [1.82, 2.24) is 19.5 Å². The fraction of sp³-hybridized carbons (Fsp3) is 0.0444. The van der Waals surface area contributed by atoms with Gasteiger partial charge in [-0.25, -0.2) is 4.98 Å². The molecular weight excluding hydrogens is 629 g/mol. The largest absolute Gasteiger partial charge is 0.485 e. The molecule has 9 aromatic rings. The zero-order chi connectivity index (χ0) is 33.5. The first-order valence-corrected chi connectivity index (χ1v) is 17.2. The molecule has 6 heteroatoms. The molecule has 11 rings (SSSR count). The van der Waals surface area contributed by atoms with Crippen LogP contribution in [0.25, 0.3) is 83.6 Å². The molecule has 1 aliphatic heterocycles. The van der Waals surface area contributed by atoms with Gasteiger partial charge in [0.25, 0.3) is 0 Å². The van der Waals surface area contributed by atoms with Crippen LogP contribution in [-0.2, 0) is 0 Å². The summed E-state index contributed by atoms with van der Waals surface area (Å²) in [4.78, 5) is 15.4. The van der Waals surface area contributed by atoms with E-state index in [4.69, 9.17) is 24.1 Å². The van der Waals surface area contributed by atoms with Crippen molar-refractivity contribution in [2.75, 3.05) is 0 Å². The maximum Gasteiger partial charge on any atom is 0.238 e. The number of allylic oxidation sites excluding steroid dienone is 2. The van der Waals surface area contributed by atoms with Crippen LogP contribution in [0.3, 0.4) is 0 Å². The third-order valence-corrected chi connectivity index (χ3v) is 10.2. The van der Waals surface area contributed by atoms with Gasteiger partial charge in [0, 0.05) is 38.6 Å². The summed E-state index contributed by atoms with van der Waals surface area (Å²) < 4.78 is 15.1. The molecule has 0 spiro atoms. The highest BCUT2D eigenvalue weighted by atomic mass is 16.5. The van der Waals surface area contributed by atoms with Crippen molar-refractivity contribution < 1.29 is 9.15 Å². The molecule has 0 N–H and O–H groups in total. The molecule has 4 heterocycles. The van der Waals surface area contributed by atoms with E-state index in [1.165, 1.54) is 5.56 Å². The van der Waals surface area contributed by atoms with Gasteiger partial charge < -0.3 is 9.15 Å². The van der Waals surface area contributed by atoms with E-state index in [0.717, 1.165) is 71.7 Å². The summed E-state index contributed by atoms with van der Waals surface area (Å²) in [6, 6.07) is 45.9. The Balaban J connectivity index is 1.13. The number of para-hydroxylation sites is 3. The fourth-order valence-corrected chi connectivity index (χ4v) is 7.91. The highest BCUT2D eigenvalue weighted by Gasteiger charge is 2.32. The third kappa shape index (κ3) is 4.26. The SMILES string of the molecule is C1=CC2Oc3ccc(-c4cccc5oc6c(-c7nc(-c8ccccc8)nc(-n8c9ccccc9c9ccccc98)n7)cccc6c45)cc3C2C=C1. The second-order valence-electron chi connectivity index (χ2n) is 13.1. The number of aromatic nitrogens is 4. The molecule has 3 aromatic heterocycles. The van der Waals surface area contributed by atoms with E-state index in [1.54, 1.807) is 0 Å². The Hall–Kier alpha value is -6.79. The Morgan fingerprint density at radius 1 is 0.549 bits per heavy atom. The van der Waals surface area contributed by atoms with Crippen LogP contribution in [0.2, 0.25) is 0 Å². The minimum atomic E-state index is 0.0434. The lowest BCUT2D eigenvalue weighted by Crippen LogP contribution is -2.15. The number of nitrogens with zero attached hydrogens (tertiary/aromatic N) is 4. The van der Waals surface area contributed by atoms with Crippen LogP contribution in [0.5, 0.6) is 5.75 Å². The lowest BCUT2D eigenvalue weighted by molar-refractivity contribution is 0.269. The molecule has 2 unspecified atom stereocenters. The zero-order valence-electron chi connectivity index (χ0n) is 27.3. The van der Waals surface area contributed by atoms with Crippen LogP contribution in [0, 0.1) is 0 Å². The monoisotopic (exact) mass is 656 g/mol. The molecule has 0 saturated heterocycles. The van der Waals surface area contributed by atoms with Crippen molar-refractivity contribution in [3.05, 3.63) is 163 Å². The van der Waals surface area contributed by atoms with Crippen LogP contribution in [0.4, 0.5) is 0 Å². The molecule has 0 bridgehead atoms. The fourth-order valence-electron chi connectivity index (χ4n) is 7.91. The highest BCUT2D eigenvalue weighted by molar-refractivity contribution is 6.15. The van der Waals surface area contributed by atoms with Gasteiger partial charge in [-0.2, -0.15) is 9.97 Å². The van der Waals surface area contributed by atoms with E-state index in [2.05, 4.69) is 120 Å². The standard InChI is InChI=1S/C45H28N4O2/c1-2-12-27(13-3-1)43-46-44(48-45(47-43)49-36-20-7-4-14-30(36)31-15-5-8-21-37(31)49)34-19-10-18-33-41-29(17-11-23-40(41)51-42(33)34)28-24-25-39-35(26-28)32-16-6-9-22-38(32)50-39/h1-26,32,38H. The van der Waals surface area contributed by atoms with Gasteiger partial charge >= 0.3 is 0 Å². The van der Waals surface area contributed by atoms with Crippen LogP contribution in [0.15, 0.2) is 162 Å². The average molecular weight is 657 g/mol. The van der Waals surface area contributed by atoms with Crippen LogP contribution < -0.4 is 4.74 Å². The number of hydrogen-bond donors (Lipinski definition) is 0. The lowest BCUT2D eigenvalue weighted by Gasteiger charge is -2.14. The minimum Gasteiger partial charge on any atom is -0.485 e. The van der Waals surface area contributed by atoms with Gasteiger partial charge in [-0.05, 0) is 53.6 Å². The predicted octanol–water partition coefficient (Wildman–Crippen LogP) is 10.8. The molecule has 0 amide bonds. The van der Waals surface area contributed by atoms with Crippen LogP contribution in [0.1, 0.15) is 11.5 Å². The minimum absolute atomic E-state index is 0.0434. The molecule has 0 fully saturated rings. The summed E-state index contributed by atoms with van der Waals surface area (Å²) in [5.41, 5.74) is 8.78. The summed E-state index contributed by atoms with van der Waals surface area (Å²) in [6.45, 7) is 0. The maximum absolute atomic E-state index is 6.74. The molecule has 6 aromatic carbocycles. The van der Waals surface area contributed by atoms with Gasteiger partial charge in [0.1, 0.15) is 23.0 Å². The molecule has 240 valence electrons. The summed E-state index contributed by atoms with van der Waals surface area (Å²) in [6.07, 6.45) is 8.57. The molecule has 1 aliphatic carbocycles. The summed E-state index contributed by atoms with van der Waals surface area (Å²) in [5.74, 6) is 2.85. The topological polar surface area (TPSA) is 66.0 Å². The number of ether oxygens (including phenoxy) is 1. The number of rotatable bonds is 4. The van der Waals surface area contributed by atoms with Gasteiger partial charge in [0.2, 0.25) is 5.95 Å². The van der Waals surface area contributed by atoms with Crippen molar-refractivity contribution >= 4 is 43.7 Å². The average Bonchev–Trinajstić information content (AvgIpc) is 3.87.